The summed E-state index contributed by atoms with van der Waals surface area (Å²) in [6.45, 7) is 3.04. The molecular weight excluding hydrogens is 236 g/mol. The number of anilines is 1. The monoisotopic (exact) mass is 256 g/mol. The van der Waals surface area contributed by atoms with Crippen LogP contribution in [0.5, 0.6) is 0 Å². The fourth-order valence-corrected chi connectivity index (χ4v) is 2.46. The second-order valence-corrected chi connectivity index (χ2v) is 5.52. The smallest absolute Gasteiger partial charge is 0.137 e. The van der Waals surface area contributed by atoms with Gasteiger partial charge in [-0.1, -0.05) is 25.0 Å². The molecule has 0 radical (unpaired) electrons. The number of aromatic nitrogens is 3. The fraction of sp³-hybridized carbons (Fsp3) is 0.467. The summed E-state index contributed by atoms with van der Waals surface area (Å²) in [5.41, 5.74) is 2.44. The van der Waals surface area contributed by atoms with E-state index in [2.05, 4.69) is 46.6 Å². The largest absolute Gasteiger partial charge is 0.383 e. The van der Waals surface area contributed by atoms with Crippen LogP contribution in [0.3, 0.4) is 0 Å². The molecule has 1 aliphatic rings. The Bertz CT molecular complexity index is 517. The van der Waals surface area contributed by atoms with Crippen LogP contribution in [-0.4, -0.2) is 20.8 Å². The first kappa shape index (κ1) is 12.2. The lowest BCUT2D eigenvalue weighted by Gasteiger charge is -2.15. The predicted molar refractivity (Wildman–Crippen MR) is 76.0 cm³/mol. The summed E-state index contributed by atoms with van der Waals surface area (Å²) >= 11 is 0. The molecule has 1 atom stereocenters. The summed E-state index contributed by atoms with van der Waals surface area (Å²) in [6, 6.07) is 9.10. The highest BCUT2D eigenvalue weighted by Crippen LogP contribution is 2.34. The van der Waals surface area contributed by atoms with Crippen LogP contribution in [-0.2, 0) is 6.54 Å². The molecule has 1 aromatic carbocycles. The Balaban J connectivity index is 1.61. The van der Waals surface area contributed by atoms with Gasteiger partial charge in [-0.05, 0) is 37.0 Å². The highest BCUT2D eigenvalue weighted by Gasteiger charge is 2.23. The molecule has 4 nitrogen and oxygen atoms in total. The standard InChI is InChI=1S/C15H20N4/c1-12(7-13-5-6-13)18-15-4-2-3-14(8-15)9-19-11-16-10-17-19/h2-4,8,10-13,18H,5-7,9H2,1H3. The molecule has 1 unspecified atom stereocenters. The van der Waals surface area contributed by atoms with Gasteiger partial charge in [0.2, 0.25) is 0 Å². The molecule has 1 aliphatic carbocycles. The van der Waals surface area contributed by atoms with Gasteiger partial charge in [-0.2, -0.15) is 5.10 Å². The quantitative estimate of drug-likeness (QED) is 0.864. The van der Waals surface area contributed by atoms with Gasteiger partial charge in [0.1, 0.15) is 12.7 Å². The van der Waals surface area contributed by atoms with Gasteiger partial charge in [-0.15, -0.1) is 0 Å². The topological polar surface area (TPSA) is 42.7 Å². The first-order valence-electron chi connectivity index (χ1n) is 6.97. The van der Waals surface area contributed by atoms with Gasteiger partial charge in [0.25, 0.3) is 0 Å². The zero-order chi connectivity index (χ0) is 13.1. The Kier molecular flexibility index (Phi) is 3.49. The Morgan fingerprint density at radius 3 is 3.05 bits per heavy atom. The maximum absolute atomic E-state index is 4.13. The minimum Gasteiger partial charge on any atom is -0.383 e. The predicted octanol–water partition coefficient (Wildman–Crippen LogP) is 2.93. The zero-order valence-electron chi connectivity index (χ0n) is 11.3. The van der Waals surface area contributed by atoms with Crippen molar-refractivity contribution in [3.05, 3.63) is 42.5 Å². The van der Waals surface area contributed by atoms with E-state index in [1.807, 2.05) is 4.68 Å². The Hall–Kier alpha value is -1.84. The van der Waals surface area contributed by atoms with Gasteiger partial charge >= 0.3 is 0 Å². The molecule has 0 amide bonds. The molecule has 0 aliphatic heterocycles. The minimum atomic E-state index is 0.550. The van der Waals surface area contributed by atoms with E-state index < -0.39 is 0 Å². The lowest BCUT2D eigenvalue weighted by molar-refractivity contribution is 0.641. The van der Waals surface area contributed by atoms with Crippen LogP contribution in [0, 0.1) is 5.92 Å². The van der Waals surface area contributed by atoms with Gasteiger partial charge in [0, 0.05) is 11.7 Å². The average Bonchev–Trinajstić information content (AvgIpc) is 3.04. The van der Waals surface area contributed by atoms with Gasteiger partial charge < -0.3 is 5.32 Å². The van der Waals surface area contributed by atoms with Crippen molar-refractivity contribution in [3.8, 4) is 0 Å². The Morgan fingerprint density at radius 1 is 1.42 bits per heavy atom. The molecule has 1 aromatic heterocycles. The summed E-state index contributed by atoms with van der Waals surface area (Å²) in [4.78, 5) is 3.96. The Labute approximate surface area is 113 Å². The number of benzene rings is 1. The molecule has 0 spiro atoms. The van der Waals surface area contributed by atoms with Crippen molar-refractivity contribution >= 4 is 5.69 Å². The molecule has 19 heavy (non-hydrogen) atoms. The number of nitrogens with one attached hydrogen (secondary N) is 1. The number of rotatable bonds is 6. The molecule has 0 bridgehead atoms. The van der Waals surface area contributed by atoms with Crippen LogP contribution in [0.2, 0.25) is 0 Å². The second-order valence-electron chi connectivity index (χ2n) is 5.52. The van der Waals surface area contributed by atoms with Crippen molar-refractivity contribution < 1.29 is 0 Å². The Morgan fingerprint density at radius 2 is 2.32 bits per heavy atom. The van der Waals surface area contributed by atoms with Crippen LogP contribution in [0.15, 0.2) is 36.9 Å². The van der Waals surface area contributed by atoms with E-state index in [1.165, 1.54) is 30.5 Å². The van der Waals surface area contributed by atoms with E-state index in [0.717, 1.165) is 12.5 Å². The molecule has 1 heterocycles. The molecule has 4 heteroatoms. The van der Waals surface area contributed by atoms with E-state index in [4.69, 9.17) is 0 Å². The minimum absolute atomic E-state index is 0.550. The lowest BCUT2D eigenvalue weighted by Crippen LogP contribution is -2.15. The van der Waals surface area contributed by atoms with Crippen molar-refractivity contribution in [1.29, 1.82) is 0 Å². The first-order valence-corrected chi connectivity index (χ1v) is 6.97. The van der Waals surface area contributed by atoms with Crippen molar-refractivity contribution in [3.63, 3.8) is 0 Å². The van der Waals surface area contributed by atoms with Crippen molar-refractivity contribution in [2.75, 3.05) is 5.32 Å². The van der Waals surface area contributed by atoms with Gasteiger partial charge in [0.05, 0.1) is 6.54 Å². The van der Waals surface area contributed by atoms with E-state index in [-0.39, 0.29) is 0 Å². The van der Waals surface area contributed by atoms with E-state index in [9.17, 15) is 0 Å². The van der Waals surface area contributed by atoms with Crippen LogP contribution >= 0.6 is 0 Å². The maximum atomic E-state index is 4.13. The van der Waals surface area contributed by atoms with Crippen LogP contribution in [0.1, 0.15) is 31.7 Å². The third-order valence-electron chi connectivity index (χ3n) is 3.54. The van der Waals surface area contributed by atoms with E-state index in [0.29, 0.717) is 6.04 Å². The fourth-order valence-electron chi connectivity index (χ4n) is 2.46. The summed E-state index contributed by atoms with van der Waals surface area (Å²) in [5.74, 6) is 0.959. The molecule has 100 valence electrons. The van der Waals surface area contributed by atoms with Crippen LogP contribution in [0.25, 0.3) is 0 Å². The van der Waals surface area contributed by atoms with Crippen molar-refractivity contribution in [2.45, 2.75) is 38.8 Å². The van der Waals surface area contributed by atoms with E-state index in [1.54, 1.807) is 12.7 Å². The second kappa shape index (κ2) is 5.43. The number of hydrogen-bond acceptors (Lipinski definition) is 3. The normalized spacial score (nSPS) is 16.3. The molecule has 1 N–H and O–H groups in total. The van der Waals surface area contributed by atoms with Crippen LogP contribution < -0.4 is 5.32 Å². The third kappa shape index (κ3) is 3.56. The van der Waals surface area contributed by atoms with Crippen molar-refractivity contribution in [2.24, 2.45) is 5.92 Å². The average molecular weight is 256 g/mol. The molecule has 3 rings (SSSR count). The molecular formula is C15H20N4. The van der Waals surface area contributed by atoms with Gasteiger partial charge in [0.15, 0.2) is 0 Å². The third-order valence-corrected chi connectivity index (χ3v) is 3.54. The maximum Gasteiger partial charge on any atom is 0.137 e. The number of hydrogen-bond donors (Lipinski definition) is 1. The van der Waals surface area contributed by atoms with Gasteiger partial charge in [-0.3, -0.25) is 0 Å². The van der Waals surface area contributed by atoms with E-state index >= 15 is 0 Å². The SMILES string of the molecule is CC(CC1CC1)Nc1cccc(Cn2cncn2)c1. The first-order chi connectivity index (χ1) is 9.29. The summed E-state index contributed by atoms with van der Waals surface area (Å²) in [7, 11) is 0. The molecule has 1 fully saturated rings. The summed E-state index contributed by atoms with van der Waals surface area (Å²) < 4.78 is 1.84. The number of nitrogens with zero attached hydrogens (tertiary/aromatic N) is 3. The molecule has 2 aromatic rings. The molecule has 0 saturated heterocycles. The summed E-state index contributed by atoms with van der Waals surface area (Å²) in [6.07, 6.45) is 7.43. The van der Waals surface area contributed by atoms with Crippen molar-refractivity contribution in [1.82, 2.24) is 14.8 Å². The van der Waals surface area contributed by atoms with Crippen LogP contribution in [0.4, 0.5) is 5.69 Å². The highest BCUT2D eigenvalue weighted by molar-refractivity contribution is 5.46. The lowest BCUT2D eigenvalue weighted by atomic mass is 10.1. The highest BCUT2D eigenvalue weighted by atomic mass is 15.3. The molecule has 1 saturated carbocycles. The summed E-state index contributed by atoms with van der Waals surface area (Å²) in [5, 5.41) is 7.72. The van der Waals surface area contributed by atoms with Gasteiger partial charge in [-0.25, -0.2) is 9.67 Å². The zero-order valence-corrected chi connectivity index (χ0v) is 11.3.